The number of carboxylic acid groups (broad SMARTS) is 1. The van der Waals surface area contributed by atoms with Crippen LogP contribution < -0.4 is 5.11 Å². The third kappa shape index (κ3) is 1.56. The fourth-order valence-corrected chi connectivity index (χ4v) is 0.883. The maximum atomic E-state index is 10.9. The van der Waals surface area contributed by atoms with Gasteiger partial charge in [0.05, 0.1) is 4.92 Å². The molecule has 0 heterocycles. The first kappa shape index (κ1) is 8.98. The summed E-state index contributed by atoms with van der Waals surface area (Å²) in [5, 5.41) is 29.7. The number of rotatable bonds is 2. The number of nitro benzene ring substituents is 1. The molecular formula is C7H4NO5-. The molecule has 0 aromatic heterocycles. The quantitative estimate of drug-likeness (QED) is 0.525. The van der Waals surface area contributed by atoms with Crippen LogP contribution in [-0.2, 0) is 0 Å². The fraction of sp³-hybridized carbons (Fsp3) is 0. The zero-order chi connectivity index (χ0) is 10.0. The van der Waals surface area contributed by atoms with Gasteiger partial charge < -0.3 is 10.2 Å². The Morgan fingerprint density at radius 1 is 1.46 bits per heavy atom. The molecule has 0 radical (unpaired) electrons. The van der Waals surface area contributed by atoms with Crippen LogP contribution in [0.25, 0.3) is 0 Å². The van der Waals surface area contributed by atoms with Crippen molar-refractivity contribution in [2.45, 2.75) is 0 Å². The van der Waals surface area contributed by atoms with E-state index in [-0.39, 0.29) is 0 Å². The van der Waals surface area contributed by atoms with Gasteiger partial charge >= 0.3 is 5.97 Å². The molecule has 13 heavy (non-hydrogen) atoms. The van der Waals surface area contributed by atoms with E-state index < -0.39 is 27.9 Å². The third-order valence-electron chi connectivity index (χ3n) is 1.41. The van der Waals surface area contributed by atoms with Crippen LogP contribution >= 0.6 is 0 Å². The minimum atomic E-state index is -1.48. The number of nitro groups is 1. The standard InChI is InChI=1S/C7H5NO5/c9-5-3-1-2-4(7(10)11)6(5)8(12)13/h1-3,9H,(H,10,11)/p-1. The summed E-state index contributed by atoms with van der Waals surface area (Å²) in [7, 11) is 0. The molecule has 0 aliphatic carbocycles. The molecule has 0 aliphatic heterocycles. The Morgan fingerprint density at radius 3 is 2.46 bits per heavy atom. The normalized spacial score (nSPS) is 9.54. The van der Waals surface area contributed by atoms with Gasteiger partial charge in [-0.15, -0.1) is 0 Å². The van der Waals surface area contributed by atoms with Gasteiger partial charge in [-0.25, -0.2) is 4.79 Å². The van der Waals surface area contributed by atoms with Crippen molar-refractivity contribution in [2.24, 2.45) is 0 Å². The van der Waals surface area contributed by atoms with Crippen molar-refractivity contribution in [1.29, 1.82) is 0 Å². The number of hydrogen-bond acceptors (Lipinski definition) is 4. The van der Waals surface area contributed by atoms with Crippen LogP contribution in [0.4, 0.5) is 5.69 Å². The number of carboxylic acids is 1. The lowest BCUT2D eigenvalue weighted by Crippen LogP contribution is -2.06. The second kappa shape index (κ2) is 3.10. The van der Waals surface area contributed by atoms with E-state index in [0.717, 1.165) is 12.1 Å². The SMILES string of the molecule is O=C(O)c1cccc([O-])c1[N+](=O)[O-]. The molecule has 0 spiro atoms. The number of benzene rings is 1. The van der Waals surface area contributed by atoms with Gasteiger partial charge in [-0.3, -0.25) is 10.1 Å². The summed E-state index contributed by atoms with van der Waals surface area (Å²) in [6.07, 6.45) is 0. The highest BCUT2D eigenvalue weighted by molar-refractivity contribution is 5.93. The second-order valence-corrected chi connectivity index (χ2v) is 2.21. The van der Waals surface area contributed by atoms with Gasteiger partial charge in [-0.05, 0) is 11.8 Å². The molecule has 0 fully saturated rings. The highest BCUT2D eigenvalue weighted by atomic mass is 16.6. The average Bonchev–Trinajstić information content (AvgIpc) is 2.02. The second-order valence-electron chi connectivity index (χ2n) is 2.21. The summed E-state index contributed by atoms with van der Waals surface area (Å²) in [6.45, 7) is 0. The Hall–Kier alpha value is -2.11. The van der Waals surface area contributed by atoms with E-state index in [0.29, 0.717) is 0 Å². The van der Waals surface area contributed by atoms with Gasteiger partial charge in [0.2, 0.25) is 0 Å². The predicted molar refractivity (Wildman–Crippen MR) is 39.5 cm³/mol. The molecule has 0 amide bonds. The van der Waals surface area contributed by atoms with Crippen molar-refractivity contribution < 1.29 is 19.9 Å². The minimum Gasteiger partial charge on any atom is -0.868 e. The molecule has 0 aliphatic rings. The molecule has 1 aromatic carbocycles. The number of carbonyl (C=O) groups is 1. The van der Waals surface area contributed by atoms with Crippen LogP contribution in [0.3, 0.4) is 0 Å². The number of nitrogens with zero attached hydrogens (tertiary/aromatic N) is 1. The van der Waals surface area contributed by atoms with Crippen LogP contribution in [0, 0.1) is 10.1 Å². The van der Waals surface area contributed by atoms with E-state index >= 15 is 0 Å². The summed E-state index contributed by atoms with van der Waals surface area (Å²) in [6, 6.07) is 3.13. The van der Waals surface area contributed by atoms with E-state index in [9.17, 15) is 20.0 Å². The lowest BCUT2D eigenvalue weighted by Gasteiger charge is -2.06. The van der Waals surface area contributed by atoms with Crippen LogP contribution in [-0.4, -0.2) is 16.0 Å². The Kier molecular flexibility index (Phi) is 2.14. The lowest BCUT2D eigenvalue weighted by molar-refractivity contribution is -0.398. The predicted octanol–water partition coefficient (Wildman–Crippen LogP) is 0.367. The molecule has 1 N–H and O–H groups in total. The molecule has 1 aromatic rings. The monoisotopic (exact) mass is 182 g/mol. The van der Waals surface area contributed by atoms with E-state index in [1.807, 2.05) is 0 Å². The van der Waals surface area contributed by atoms with Crippen molar-refractivity contribution in [3.63, 3.8) is 0 Å². The maximum Gasteiger partial charge on any atom is 0.342 e. The highest BCUT2D eigenvalue weighted by Crippen LogP contribution is 2.26. The van der Waals surface area contributed by atoms with Gasteiger partial charge in [-0.1, -0.05) is 12.1 Å². The fourth-order valence-electron chi connectivity index (χ4n) is 0.883. The number of hydrogen-bond donors (Lipinski definition) is 1. The van der Waals surface area contributed by atoms with E-state index in [1.54, 1.807) is 0 Å². The van der Waals surface area contributed by atoms with Crippen molar-refractivity contribution in [3.05, 3.63) is 33.9 Å². The summed E-state index contributed by atoms with van der Waals surface area (Å²) in [5.41, 5.74) is -1.48. The average molecular weight is 182 g/mol. The molecule has 0 unspecified atom stereocenters. The Morgan fingerprint density at radius 2 is 2.08 bits per heavy atom. The van der Waals surface area contributed by atoms with E-state index in [1.165, 1.54) is 6.07 Å². The summed E-state index contributed by atoms with van der Waals surface area (Å²) < 4.78 is 0. The molecule has 0 atom stereocenters. The first-order valence-corrected chi connectivity index (χ1v) is 3.21. The Bertz CT molecular complexity index is 373. The molecule has 0 saturated heterocycles. The van der Waals surface area contributed by atoms with Crippen LogP contribution in [0.1, 0.15) is 10.4 Å². The molecule has 1 rings (SSSR count). The van der Waals surface area contributed by atoms with Crippen molar-refractivity contribution in [3.8, 4) is 5.75 Å². The maximum absolute atomic E-state index is 10.9. The number of aromatic carboxylic acids is 1. The summed E-state index contributed by atoms with van der Waals surface area (Å²) >= 11 is 0. The minimum absolute atomic E-state index is 0.586. The highest BCUT2D eigenvalue weighted by Gasteiger charge is 2.19. The van der Waals surface area contributed by atoms with Gasteiger partial charge in [-0.2, -0.15) is 0 Å². The van der Waals surface area contributed by atoms with Crippen LogP contribution in [0.15, 0.2) is 18.2 Å². The summed E-state index contributed by atoms with van der Waals surface area (Å²) in [5.74, 6) is -2.38. The topological polar surface area (TPSA) is 104 Å². The van der Waals surface area contributed by atoms with Crippen LogP contribution in [0.5, 0.6) is 5.75 Å². The van der Waals surface area contributed by atoms with Gasteiger partial charge in [0, 0.05) is 0 Å². The Labute approximate surface area is 72.2 Å². The number of para-hydroxylation sites is 1. The molecular weight excluding hydrogens is 178 g/mol. The zero-order valence-electron chi connectivity index (χ0n) is 6.26. The molecule has 6 heteroatoms. The smallest absolute Gasteiger partial charge is 0.342 e. The largest absolute Gasteiger partial charge is 0.868 e. The lowest BCUT2D eigenvalue weighted by atomic mass is 10.1. The van der Waals surface area contributed by atoms with Crippen LogP contribution in [0.2, 0.25) is 0 Å². The molecule has 6 nitrogen and oxygen atoms in total. The molecule has 0 bridgehead atoms. The van der Waals surface area contributed by atoms with Gasteiger partial charge in [0.25, 0.3) is 5.69 Å². The van der Waals surface area contributed by atoms with Crippen molar-refractivity contribution >= 4 is 11.7 Å². The van der Waals surface area contributed by atoms with Gasteiger partial charge in [0.1, 0.15) is 5.56 Å². The van der Waals surface area contributed by atoms with Crippen molar-refractivity contribution in [2.75, 3.05) is 0 Å². The molecule has 68 valence electrons. The van der Waals surface area contributed by atoms with E-state index in [2.05, 4.69) is 0 Å². The Balaban J connectivity index is 3.43. The van der Waals surface area contributed by atoms with E-state index in [4.69, 9.17) is 5.11 Å². The zero-order valence-corrected chi connectivity index (χ0v) is 6.26. The van der Waals surface area contributed by atoms with Gasteiger partial charge in [0.15, 0.2) is 0 Å². The van der Waals surface area contributed by atoms with Crippen molar-refractivity contribution in [1.82, 2.24) is 0 Å². The third-order valence-corrected chi connectivity index (χ3v) is 1.41. The first-order valence-electron chi connectivity index (χ1n) is 3.21. The molecule has 0 saturated carbocycles. The first-order chi connectivity index (χ1) is 6.04. The summed E-state index contributed by atoms with van der Waals surface area (Å²) in [4.78, 5) is 19.7.